The minimum absolute atomic E-state index is 0. The molecule has 1 saturated heterocycles. The Balaban J connectivity index is 0.00000245. The molecule has 1 aromatic heterocycles. The number of likely N-dealkylation sites (tertiary alicyclic amines) is 1. The number of nitrogens with zero attached hydrogens (tertiary/aromatic N) is 4. The van der Waals surface area contributed by atoms with Gasteiger partial charge in [0.1, 0.15) is 23.5 Å². The summed E-state index contributed by atoms with van der Waals surface area (Å²) in [6.07, 6.45) is 6.09. The Bertz CT molecular complexity index is 1100. The molecule has 6 nitrogen and oxygen atoms in total. The molecule has 1 fully saturated rings. The van der Waals surface area contributed by atoms with Crippen LogP contribution < -0.4 is 4.74 Å². The molecule has 0 bridgehead atoms. The molecule has 3 aromatic rings. The third kappa shape index (κ3) is 4.44. The number of benzene rings is 2. The molecular formula is C25H29ClN4O2. The van der Waals surface area contributed by atoms with Gasteiger partial charge in [-0.3, -0.25) is 4.90 Å². The van der Waals surface area contributed by atoms with E-state index in [4.69, 9.17) is 9.47 Å². The van der Waals surface area contributed by atoms with Gasteiger partial charge in [-0.2, -0.15) is 5.10 Å². The molecule has 2 aliphatic rings. The first-order valence-corrected chi connectivity index (χ1v) is 10.8. The topological polar surface area (TPSA) is 52.4 Å². The highest BCUT2D eigenvalue weighted by molar-refractivity contribution is 5.85. The zero-order valence-electron chi connectivity index (χ0n) is 18.5. The first-order chi connectivity index (χ1) is 15.2. The molecule has 7 heteroatoms. The van der Waals surface area contributed by atoms with Crippen LogP contribution in [-0.4, -0.2) is 52.1 Å². The van der Waals surface area contributed by atoms with Gasteiger partial charge in [-0.1, -0.05) is 30.3 Å². The average Bonchev–Trinajstić information content (AvgIpc) is 3.40. The Morgan fingerprint density at radius 3 is 2.75 bits per heavy atom. The van der Waals surface area contributed by atoms with Crippen LogP contribution in [-0.2, 0) is 11.3 Å². The van der Waals surface area contributed by atoms with Crippen LogP contribution >= 0.6 is 12.4 Å². The van der Waals surface area contributed by atoms with Crippen molar-refractivity contribution in [3.05, 3.63) is 77.9 Å². The lowest BCUT2D eigenvalue weighted by Gasteiger charge is -2.38. The maximum absolute atomic E-state index is 6.45. The number of rotatable bonds is 5. The van der Waals surface area contributed by atoms with Gasteiger partial charge in [-0.15, -0.1) is 12.4 Å². The average molecular weight is 453 g/mol. The van der Waals surface area contributed by atoms with E-state index in [1.54, 1.807) is 13.4 Å². The number of hydrogen-bond acceptors (Lipinski definition) is 5. The Hall–Kier alpha value is -2.67. The second-order valence-electron chi connectivity index (χ2n) is 8.43. The van der Waals surface area contributed by atoms with Crippen LogP contribution in [0.3, 0.4) is 0 Å². The van der Waals surface area contributed by atoms with Gasteiger partial charge in [0, 0.05) is 18.7 Å². The first-order valence-electron chi connectivity index (χ1n) is 10.8. The van der Waals surface area contributed by atoms with E-state index in [1.807, 2.05) is 23.7 Å². The second kappa shape index (κ2) is 9.45. The maximum atomic E-state index is 6.45. The van der Waals surface area contributed by atoms with Gasteiger partial charge < -0.3 is 9.47 Å². The number of methoxy groups -OCH3 is 1. The van der Waals surface area contributed by atoms with Crippen LogP contribution in [0.5, 0.6) is 5.75 Å². The van der Waals surface area contributed by atoms with Crippen LogP contribution in [0.15, 0.2) is 60.9 Å². The highest BCUT2D eigenvalue weighted by Gasteiger charge is 2.39. The summed E-state index contributed by atoms with van der Waals surface area (Å²) in [5.74, 6) is 1.71. The number of ether oxygens (including phenoxy) is 2. The maximum Gasteiger partial charge on any atom is 0.138 e. The van der Waals surface area contributed by atoms with Crippen LogP contribution in [0, 0.1) is 6.92 Å². The summed E-state index contributed by atoms with van der Waals surface area (Å²) >= 11 is 0. The fourth-order valence-corrected chi connectivity index (χ4v) is 4.76. The molecule has 0 aliphatic carbocycles. The zero-order chi connectivity index (χ0) is 21.3. The lowest BCUT2D eigenvalue weighted by atomic mass is 9.90. The molecule has 5 rings (SSSR count). The number of aromatic nitrogens is 3. The largest absolute Gasteiger partial charge is 0.496 e. The molecule has 32 heavy (non-hydrogen) atoms. The minimum atomic E-state index is -0.230. The van der Waals surface area contributed by atoms with Crippen molar-refractivity contribution in [2.45, 2.75) is 31.9 Å². The second-order valence-corrected chi connectivity index (χ2v) is 8.43. The van der Waals surface area contributed by atoms with E-state index in [9.17, 15) is 0 Å². The van der Waals surface area contributed by atoms with E-state index in [-0.39, 0.29) is 18.0 Å². The van der Waals surface area contributed by atoms with Crippen LogP contribution in [0.2, 0.25) is 0 Å². The van der Waals surface area contributed by atoms with Crippen LogP contribution in [0.25, 0.3) is 11.3 Å². The van der Waals surface area contributed by atoms with E-state index >= 15 is 0 Å². The summed E-state index contributed by atoms with van der Waals surface area (Å²) < 4.78 is 14.0. The molecule has 1 unspecified atom stereocenters. The van der Waals surface area contributed by atoms with Crippen molar-refractivity contribution in [2.24, 2.45) is 0 Å². The number of hydrogen-bond donors (Lipinski definition) is 0. The Morgan fingerprint density at radius 2 is 2.00 bits per heavy atom. The van der Waals surface area contributed by atoms with E-state index in [0.717, 1.165) is 55.3 Å². The van der Waals surface area contributed by atoms with Crippen molar-refractivity contribution < 1.29 is 9.47 Å². The SMILES string of the molecule is COc1ccc(-n2ncnc2C)cc1C1=CC2(CCCN(Cc3ccccc3)C2)OC1.Cl. The molecule has 3 heterocycles. The minimum Gasteiger partial charge on any atom is -0.496 e. The number of aryl methyl sites for hydroxylation is 1. The van der Waals surface area contributed by atoms with Gasteiger partial charge in [0.15, 0.2) is 0 Å². The van der Waals surface area contributed by atoms with Crippen molar-refractivity contribution in [1.82, 2.24) is 19.7 Å². The van der Waals surface area contributed by atoms with Gasteiger partial charge in [0.05, 0.1) is 19.4 Å². The van der Waals surface area contributed by atoms with Gasteiger partial charge in [0.25, 0.3) is 0 Å². The lowest BCUT2D eigenvalue weighted by Crippen LogP contribution is -2.46. The van der Waals surface area contributed by atoms with E-state index in [0.29, 0.717) is 6.61 Å². The molecular weight excluding hydrogens is 424 g/mol. The van der Waals surface area contributed by atoms with Gasteiger partial charge >= 0.3 is 0 Å². The summed E-state index contributed by atoms with van der Waals surface area (Å²) in [6.45, 7) is 5.52. The smallest absolute Gasteiger partial charge is 0.138 e. The molecule has 1 atom stereocenters. The van der Waals surface area contributed by atoms with Crippen LogP contribution in [0.4, 0.5) is 0 Å². The third-order valence-corrected chi connectivity index (χ3v) is 6.26. The monoisotopic (exact) mass is 452 g/mol. The predicted octanol–water partition coefficient (Wildman–Crippen LogP) is 4.45. The molecule has 2 aliphatic heterocycles. The fraction of sp³-hybridized carbons (Fsp3) is 0.360. The first kappa shape index (κ1) is 22.5. The predicted molar refractivity (Wildman–Crippen MR) is 128 cm³/mol. The van der Waals surface area contributed by atoms with Gasteiger partial charge in [-0.25, -0.2) is 9.67 Å². The lowest BCUT2D eigenvalue weighted by molar-refractivity contribution is -0.0328. The van der Waals surface area contributed by atoms with Crippen molar-refractivity contribution in [3.8, 4) is 11.4 Å². The Kier molecular flexibility index (Phi) is 6.65. The van der Waals surface area contributed by atoms with E-state index < -0.39 is 0 Å². The van der Waals surface area contributed by atoms with Crippen molar-refractivity contribution >= 4 is 18.0 Å². The normalized spacial score (nSPS) is 20.8. The summed E-state index contributed by atoms with van der Waals surface area (Å²) in [5.41, 5.74) is 4.33. The van der Waals surface area contributed by atoms with E-state index in [1.165, 1.54) is 11.1 Å². The van der Waals surface area contributed by atoms with Gasteiger partial charge in [0.2, 0.25) is 0 Å². The van der Waals surface area contributed by atoms with Gasteiger partial charge in [-0.05, 0) is 61.7 Å². The quantitative estimate of drug-likeness (QED) is 0.572. The van der Waals surface area contributed by atoms with Crippen molar-refractivity contribution in [1.29, 1.82) is 0 Å². The summed E-state index contributed by atoms with van der Waals surface area (Å²) in [4.78, 5) is 6.75. The standard InChI is InChI=1S/C25H28N4O2.ClH/c1-19-26-18-27-29(19)22-9-10-24(30-2)23(13-22)21-14-25(31-16-21)11-6-12-28(17-25)15-20-7-4-3-5-8-20;/h3-5,7-10,13-14,18H,6,11-12,15-17H2,1-2H3;1H. The van der Waals surface area contributed by atoms with Crippen molar-refractivity contribution in [3.63, 3.8) is 0 Å². The highest BCUT2D eigenvalue weighted by Crippen LogP contribution is 2.39. The molecule has 168 valence electrons. The molecule has 0 amide bonds. The Labute approximate surface area is 195 Å². The number of piperidine rings is 1. The molecule has 0 radical (unpaired) electrons. The molecule has 0 saturated carbocycles. The van der Waals surface area contributed by atoms with E-state index in [2.05, 4.69) is 57.5 Å². The number of halogens is 1. The molecule has 1 spiro atoms. The molecule has 2 aromatic carbocycles. The fourth-order valence-electron chi connectivity index (χ4n) is 4.76. The molecule has 0 N–H and O–H groups in total. The summed E-state index contributed by atoms with van der Waals surface area (Å²) in [6, 6.07) is 16.8. The third-order valence-electron chi connectivity index (χ3n) is 6.26. The highest BCUT2D eigenvalue weighted by atomic mass is 35.5. The van der Waals surface area contributed by atoms with Crippen LogP contribution in [0.1, 0.15) is 29.8 Å². The zero-order valence-corrected chi connectivity index (χ0v) is 19.3. The Morgan fingerprint density at radius 1 is 1.16 bits per heavy atom. The summed E-state index contributed by atoms with van der Waals surface area (Å²) in [7, 11) is 1.72. The summed E-state index contributed by atoms with van der Waals surface area (Å²) in [5, 5.41) is 4.35. The van der Waals surface area contributed by atoms with Crippen molar-refractivity contribution in [2.75, 3.05) is 26.8 Å².